The maximum absolute atomic E-state index is 3.72. The first-order chi connectivity index (χ1) is 5.52. The Hall–Kier alpha value is -0.0400. The predicted octanol–water partition coefficient (Wildman–Crippen LogP) is 3.59. The van der Waals surface area contributed by atoms with Crippen LogP contribution in [0.15, 0.2) is 0 Å². The average Bonchev–Trinajstić information content (AvgIpc) is 1.83. The van der Waals surface area contributed by atoms with Crippen molar-refractivity contribution in [1.29, 1.82) is 0 Å². The molecule has 1 nitrogen and oxygen atoms in total. The molecule has 0 aromatic heterocycles. The van der Waals surface area contributed by atoms with Crippen LogP contribution in [-0.2, 0) is 0 Å². The largest absolute Gasteiger partial charge is 0.306 e. The summed E-state index contributed by atoms with van der Waals surface area (Å²) in [6.45, 7) is 18.2. The van der Waals surface area contributed by atoms with E-state index >= 15 is 0 Å². The zero-order valence-corrected chi connectivity index (χ0v) is 10.7. The van der Waals surface area contributed by atoms with Crippen molar-refractivity contribution < 1.29 is 0 Å². The summed E-state index contributed by atoms with van der Waals surface area (Å²) in [4.78, 5) is 0. The summed E-state index contributed by atoms with van der Waals surface area (Å²) in [6.07, 6.45) is 1.16. The normalized spacial score (nSPS) is 14.8. The summed E-state index contributed by atoms with van der Waals surface area (Å²) in [7, 11) is 0. The van der Waals surface area contributed by atoms with Gasteiger partial charge in [0.15, 0.2) is 0 Å². The molecule has 0 aliphatic carbocycles. The van der Waals surface area contributed by atoms with Crippen molar-refractivity contribution in [3.8, 4) is 0 Å². The van der Waals surface area contributed by atoms with Gasteiger partial charge in [0, 0.05) is 11.1 Å². The number of rotatable bonds is 3. The van der Waals surface area contributed by atoms with E-state index in [1.165, 1.54) is 0 Å². The van der Waals surface area contributed by atoms with Gasteiger partial charge in [-0.15, -0.1) is 0 Å². The Morgan fingerprint density at radius 3 is 1.46 bits per heavy atom. The van der Waals surface area contributed by atoms with E-state index in [9.17, 15) is 0 Å². The molecule has 0 fully saturated rings. The number of hydrogen-bond acceptors (Lipinski definition) is 1. The Bertz CT molecular complexity index is 160. The van der Waals surface area contributed by atoms with E-state index in [0.29, 0.717) is 5.41 Å². The second-order valence-electron chi connectivity index (χ2n) is 6.24. The van der Waals surface area contributed by atoms with Crippen LogP contribution in [0.4, 0.5) is 0 Å². The smallest absolute Gasteiger partial charge is 0.0178 e. The lowest BCUT2D eigenvalue weighted by molar-refractivity contribution is 0.129. The lowest BCUT2D eigenvalue weighted by Gasteiger charge is -2.45. The molecule has 0 unspecified atom stereocenters. The number of hydrogen-bond donors (Lipinski definition) is 1. The molecule has 0 aromatic carbocycles. The van der Waals surface area contributed by atoms with Crippen molar-refractivity contribution in [1.82, 2.24) is 5.32 Å². The highest BCUT2D eigenvalue weighted by molar-refractivity contribution is 4.95. The Morgan fingerprint density at radius 2 is 1.23 bits per heavy atom. The van der Waals surface area contributed by atoms with Crippen LogP contribution in [0.1, 0.15) is 61.8 Å². The SMILES string of the molecule is CCC(C)(C)NC(C)(C)C(C)(C)C. The van der Waals surface area contributed by atoms with Crippen molar-refractivity contribution in [2.45, 2.75) is 72.9 Å². The highest BCUT2D eigenvalue weighted by Gasteiger charge is 2.36. The highest BCUT2D eigenvalue weighted by Crippen LogP contribution is 2.31. The van der Waals surface area contributed by atoms with Crippen LogP contribution in [0.3, 0.4) is 0 Å². The summed E-state index contributed by atoms with van der Waals surface area (Å²) in [5.74, 6) is 0. The molecule has 0 aliphatic rings. The Morgan fingerprint density at radius 1 is 0.846 bits per heavy atom. The fourth-order valence-corrected chi connectivity index (χ4v) is 1.12. The van der Waals surface area contributed by atoms with Crippen LogP contribution in [-0.4, -0.2) is 11.1 Å². The first kappa shape index (κ1) is 13.0. The molecule has 1 heteroatoms. The lowest BCUT2D eigenvalue weighted by atomic mass is 9.75. The van der Waals surface area contributed by atoms with E-state index < -0.39 is 0 Å². The van der Waals surface area contributed by atoms with Gasteiger partial charge in [-0.2, -0.15) is 0 Å². The van der Waals surface area contributed by atoms with Gasteiger partial charge < -0.3 is 5.32 Å². The molecule has 0 spiro atoms. The average molecular weight is 185 g/mol. The molecule has 1 N–H and O–H groups in total. The maximum Gasteiger partial charge on any atom is 0.0178 e. The van der Waals surface area contributed by atoms with Crippen LogP contribution in [0, 0.1) is 5.41 Å². The Balaban J connectivity index is 4.52. The molecule has 0 bridgehead atoms. The van der Waals surface area contributed by atoms with Crippen molar-refractivity contribution >= 4 is 0 Å². The van der Waals surface area contributed by atoms with Gasteiger partial charge in [-0.05, 0) is 39.5 Å². The van der Waals surface area contributed by atoms with Gasteiger partial charge in [-0.3, -0.25) is 0 Å². The molecular formula is C12H27N. The van der Waals surface area contributed by atoms with Crippen molar-refractivity contribution in [3.05, 3.63) is 0 Å². The van der Waals surface area contributed by atoms with Gasteiger partial charge in [-0.25, -0.2) is 0 Å². The van der Waals surface area contributed by atoms with Gasteiger partial charge in [0.2, 0.25) is 0 Å². The summed E-state index contributed by atoms with van der Waals surface area (Å²) in [5, 5.41) is 3.72. The molecule has 0 amide bonds. The monoisotopic (exact) mass is 185 g/mol. The highest BCUT2D eigenvalue weighted by atomic mass is 15.0. The minimum atomic E-state index is 0.173. The second kappa shape index (κ2) is 3.61. The molecular weight excluding hydrogens is 158 g/mol. The van der Waals surface area contributed by atoms with E-state index in [1.54, 1.807) is 0 Å². The van der Waals surface area contributed by atoms with Gasteiger partial charge in [0.05, 0.1) is 0 Å². The van der Waals surface area contributed by atoms with Crippen LogP contribution in [0.2, 0.25) is 0 Å². The van der Waals surface area contributed by atoms with E-state index in [1.807, 2.05) is 0 Å². The van der Waals surface area contributed by atoms with Crippen LogP contribution >= 0.6 is 0 Å². The minimum absolute atomic E-state index is 0.173. The fraction of sp³-hybridized carbons (Fsp3) is 1.00. The van der Waals surface area contributed by atoms with E-state index in [4.69, 9.17) is 0 Å². The molecule has 0 aromatic rings. The van der Waals surface area contributed by atoms with E-state index in [0.717, 1.165) is 6.42 Å². The van der Waals surface area contributed by atoms with Gasteiger partial charge in [0.1, 0.15) is 0 Å². The third-order valence-electron chi connectivity index (χ3n) is 3.41. The molecule has 0 aliphatic heterocycles. The third-order valence-corrected chi connectivity index (χ3v) is 3.41. The molecule has 0 rings (SSSR count). The number of nitrogens with one attached hydrogen (secondary N) is 1. The fourth-order valence-electron chi connectivity index (χ4n) is 1.12. The van der Waals surface area contributed by atoms with Crippen molar-refractivity contribution in [3.63, 3.8) is 0 Å². The van der Waals surface area contributed by atoms with Gasteiger partial charge in [0.25, 0.3) is 0 Å². The summed E-state index contributed by atoms with van der Waals surface area (Å²) >= 11 is 0. The minimum Gasteiger partial charge on any atom is -0.306 e. The first-order valence-electron chi connectivity index (χ1n) is 5.31. The topological polar surface area (TPSA) is 12.0 Å². The lowest BCUT2D eigenvalue weighted by Crippen LogP contribution is -2.58. The van der Waals surface area contributed by atoms with Crippen LogP contribution in [0.5, 0.6) is 0 Å². The van der Waals surface area contributed by atoms with Crippen molar-refractivity contribution in [2.75, 3.05) is 0 Å². The molecule has 0 saturated carbocycles. The third kappa shape index (κ3) is 3.68. The molecule has 0 atom stereocenters. The molecule has 0 saturated heterocycles. The van der Waals surface area contributed by atoms with E-state index in [-0.39, 0.29) is 11.1 Å². The van der Waals surface area contributed by atoms with Crippen LogP contribution < -0.4 is 5.32 Å². The quantitative estimate of drug-likeness (QED) is 0.708. The zero-order chi connectivity index (χ0) is 10.9. The first-order valence-corrected chi connectivity index (χ1v) is 5.31. The van der Waals surface area contributed by atoms with Gasteiger partial charge >= 0.3 is 0 Å². The zero-order valence-electron chi connectivity index (χ0n) is 10.7. The molecule has 80 valence electrons. The van der Waals surface area contributed by atoms with Crippen molar-refractivity contribution in [2.24, 2.45) is 5.41 Å². The second-order valence-corrected chi connectivity index (χ2v) is 6.24. The summed E-state index contributed by atoms with van der Waals surface area (Å²) in [5.41, 5.74) is 0.697. The predicted molar refractivity (Wildman–Crippen MR) is 61.0 cm³/mol. The molecule has 0 radical (unpaired) electrons. The Labute approximate surface area is 84.3 Å². The molecule has 0 heterocycles. The molecule has 13 heavy (non-hydrogen) atoms. The maximum atomic E-state index is 3.72. The summed E-state index contributed by atoms with van der Waals surface area (Å²) in [6, 6.07) is 0. The standard InChI is InChI=1S/C12H27N/c1-9-11(5,6)13-12(7,8)10(2,3)4/h13H,9H2,1-8H3. The van der Waals surface area contributed by atoms with Crippen LogP contribution in [0.25, 0.3) is 0 Å². The summed E-state index contributed by atoms with van der Waals surface area (Å²) < 4.78 is 0. The Kier molecular flexibility index (Phi) is 3.59. The van der Waals surface area contributed by atoms with E-state index in [2.05, 4.69) is 60.7 Å². The van der Waals surface area contributed by atoms with Gasteiger partial charge in [-0.1, -0.05) is 27.7 Å².